The number of anilines is 1. The van der Waals surface area contributed by atoms with Gasteiger partial charge < -0.3 is 10.1 Å². The van der Waals surface area contributed by atoms with Crippen molar-refractivity contribution in [2.24, 2.45) is 0 Å². The Morgan fingerprint density at radius 1 is 1.32 bits per heavy atom. The lowest BCUT2D eigenvalue weighted by Gasteiger charge is -2.18. The molecule has 1 aromatic heterocycles. The zero-order valence-corrected chi connectivity index (χ0v) is 19.1. The summed E-state index contributed by atoms with van der Waals surface area (Å²) in [7, 11) is 0. The highest BCUT2D eigenvalue weighted by atomic mass is 35.5. The number of carbonyl (C=O) groups excluding carboxylic acids is 1. The molecule has 0 aliphatic carbocycles. The van der Waals surface area contributed by atoms with E-state index in [1.165, 1.54) is 11.8 Å². The highest BCUT2D eigenvalue weighted by molar-refractivity contribution is 8.00. The van der Waals surface area contributed by atoms with Gasteiger partial charge >= 0.3 is 0 Å². The number of halogens is 2. The van der Waals surface area contributed by atoms with Gasteiger partial charge in [-0.1, -0.05) is 47.1 Å². The monoisotopic (exact) mass is 477 g/mol. The smallest absolute Gasteiger partial charge is 0.262 e. The van der Waals surface area contributed by atoms with Crippen molar-refractivity contribution in [2.45, 2.75) is 42.8 Å². The van der Waals surface area contributed by atoms with Crippen molar-refractivity contribution >= 4 is 57.5 Å². The molecule has 1 aliphatic rings. The molecule has 3 aromatic rings. The highest BCUT2D eigenvalue weighted by Gasteiger charge is 2.23. The Hall–Kier alpha value is -2.06. The number of hydrogen-bond donors (Lipinski definition) is 1. The van der Waals surface area contributed by atoms with Crippen molar-refractivity contribution in [1.82, 2.24) is 9.55 Å². The minimum absolute atomic E-state index is 0.0330. The summed E-state index contributed by atoms with van der Waals surface area (Å²) in [5.74, 6) is -0.264. The van der Waals surface area contributed by atoms with Crippen molar-refractivity contribution < 1.29 is 9.53 Å². The van der Waals surface area contributed by atoms with E-state index in [1.54, 1.807) is 41.8 Å². The van der Waals surface area contributed by atoms with Gasteiger partial charge in [-0.2, -0.15) is 0 Å². The van der Waals surface area contributed by atoms with E-state index in [-0.39, 0.29) is 17.6 Å². The van der Waals surface area contributed by atoms with Gasteiger partial charge in [-0.3, -0.25) is 14.2 Å². The first-order valence-electron chi connectivity index (χ1n) is 9.96. The summed E-state index contributed by atoms with van der Waals surface area (Å²) in [6.45, 7) is 2.87. The van der Waals surface area contributed by atoms with Crippen LogP contribution in [-0.2, 0) is 16.1 Å². The molecule has 0 bridgehead atoms. The number of carbonyl (C=O) groups is 1. The van der Waals surface area contributed by atoms with Crippen molar-refractivity contribution in [3.8, 4) is 0 Å². The fourth-order valence-electron chi connectivity index (χ4n) is 3.43. The van der Waals surface area contributed by atoms with E-state index < -0.39 is 5.25 Å². The topological polar surface area (TPSA) is 73.2 Å². The number of aromatic nitrogens is 2. The molecular formula is C22H21Cl2N3O3S. The number of nitrogens with zero attached hydrogens (tertiary/aromatic N) is 2. The lowest BCUT2D eigenvalue weighted by Crippen LogP contribution is -2.30. The van der Waals surface area contributed by atoms with Gasteiger partial charge in [-0.05, 0) is 50.1 Å². The maximum atomic E-state index is 13.2. The average molecular weight is 478 g/mol. The van der Waals surface area contributed by atoms with E-state index in [2.05, 4.69) is 10.3 Å². The molecule has 0 spiro atoms. The predicted octanol–water partition coefficient (Wildman–Crippen LogP) is 5.00. The molecule has 1 amide bonds. The molecular weight excluding hydrogens is 457 g/mol. The number of thioether (sulfide) groups is 1. The van der Waals surface area contributed by atoms with E-state index >= 15 is 0 Å². The van der Waals surface area contributed by atoms with E-state index in [0.29, 0.717) is 44.9 Å². The molecule has 0 saturated carbocycles. The molecule has 9 heteroatoms. The molecule has 6 nitrogen and oxygen atoms in total. The van der Waals surface area contributed by atoms with Gasteiger partial charge in [0.15, 0.2) is 5.16 Å². The van der Waals surface area contributed by atoms with Crippen molar-refractivity contribution in [3.63, 3.8) is 0 Å². The lowest BCUT2D eigenvalue weighted by molar-refractivity contribution is -0.115. The zero-order chi connectivity index (χ0) is 22.0. The summed E-state index contributed by atoms with van der Waals surface area (Å²) in [6.07, 6.45) is 1.84. The molecule has 31 heavy (non-hydrogen) atoms. The molecule has 2 heterocycles. The van der Waals surface area contributed by atoms with Gasteiger partial charge in [0.05, 0.1) is 39.5 Å². The Bertz CT molecular complexity index is 1180. The van der Waals surface area contributed by atoms with Crippen LogP contribution in [0.2, 0.25) is 10.0 Å². The Balaban J connectivity index is 1.62. The van der Waals surface area contributed by atoms with Crippen LogP contribution in [0.4, 0.5) is 5.69 Å². The molecule has 0 unspecified atom stereocenters. The molecule has 0 radical (unpaired) electrons. The van der Waals surface area contributed by atoms with Crippen LogP contribution in [0.25, 0.3) is 10.9 Å². The van der Waals surface area contributed by atoms with Crippen LogP contribution >= 0.6 is 35.0 Å². The number of hydrogen-bond acceptors (Lipinski definition) is 5. The minimum Gasteiger partial charge on any atom is -0.376 e. The van der Waals surface area contributed by atoms with Crippen LogP contribution in [0.15, 0.2) is 52.4 Å². The first-order chi connectivity index (χ1) is 14.9. The van der Waals surface area contributed by atoms with Crippen LogP contribution in [0.3, 0.4) is 0 Å². The standard InChI is InChI=1S/C22H21Cl2N3O3S/c1-13(20(28)25-19-11-14(23)8-9-17(19)24)31-22-26-18-7-3-2-6-16(18)21(29)27(22)12-15-5-4-10-30-15/h2-3,6-9,11,13,15H,4-5,10,12H2,1H3,(H,25,28)/t13-,15-/m1/s1. The molecule has 1 N–H and O–H groups in total. The summed E-state index contributed by atoms with van der Waals surface area (Å²) < 4.78 is 7.36. The van der Waals surface area contributed by atoms with Crippen LogP contribution in [0.1, 0.15) is 19.8 Å². The SMILES string of the molecule is C[C@@H](Sc1nc2ccccc2c(=O)n1C[C@H]1CCCO1)C(=O)Nc1cc(Cl)ccc1Cl. The van der Waals surface area contributed by atoms with Gasteiger partial charge in [-0.15, -0.1) is 0 Å². The summed E-state index contributed by atoms with van der Waals surface area (Å²) in [5.41, 5.74) is 0.910. The van der Waals surface area contributed by atoms with Crippen molar-refractivity contribution in [1.29, 1.82) is 0 Å². The normalized spacial score (nSPS) is 17.1. The number of nitrogens with one attached hydrogen (secondary N) is 1. The second-order valence-electron chi connectivity index (χ2n) is 7.34. The van der Waals surface area contributed by atoms with Gasteiger partial charge in [0.1, 0.15) is 0 Å². The molecule has 2 atom stereocenters. The second-order valence-corrected chi connectivity index (χ2v) is 9.49. The van der Waals surface area contributed by atoms with Gasteiger partial charge in [0, 0.05) is 11.6 Å². The highest BCUT2D eigenvalue weighted by Crippen LogP contribution is 2.28. The zero-order valence-electron chi connectivity index (χ0n) is 16.8. The minimum atomic E-state index is -0.529. The first kappa shape index (κ1) is 22.1. The Labute approximate surface area is 193 Å². The lowest BCUT2D eigenvalue weighted by atomic mass is 10.2. The molecule has 4 rings (SSSR count). The molecule has 2 aromatic carbocycles. The second kappa shape index (κ2) is 9.61. The Morgan fingerprint density at radius 2 is 2.13 bits per heavy atom. The third-order valence-corrected chi connectivity index (χ3v) is 6.73. The van der Waals surface area contributed by atoms with E-state index in [1.807, 2.05) is 12.1 Å². The number of rotatable bonds is 6. The van der Waals surface area contributed by atoms with Crippen LogP contribution in [0, 0.1) is 0 Å². The molecule has 1 saturated heterocycles. The Morgan fingerprint density at radius 3 is 2.90 bits per heavy atom. The van der Waals surface area contributed by atoms with Gasteiger partial charge in [-0.25, -0.2) is 4.98 Å². The van der Waals surface area contributed by atoms with E-state index in [9.17, 15) is 9.59 Å². The quantitative estimate of drug-likeness (QED) is 0.399. The summed E-state index contributed by atoms with van der Waals surface area (Å²) in [5, 5.41) is 4.18. The Kier molecular flexibility index (Phi) is 6.86. The largest absolute Gasteiger partial charge is 0.376 e. The van der Waals surface area contributed by atoms with Gasteiger partial charge in [0.25, 0.3) is 5.56 Å². The molecule has 162 valence electrons. The number of para-hydroxylation sites is 1. The molecule has 1 fully saturated rings. The summed E-state index contributed by atoms with van der Waals surface area (Å²) in [4.78, 5) is 30.7. The number of benzene rings is 2. The fourth-order valence-corrected chi connectivity index (χ4v) is 4.68. The molecule has 1 aliphatic heterocycles. The maximum Gasteiger partial charge on any atom is 0.262 e. The number of ether oxygens (including phenoxy) is 1. The van der Waals surface area contributed by atoms with Crippen LogP contribution in [0.5, 0.6) is 0 Å². The average Bonchev–Trinajstić information content (AvgIpc) is 3.26. The van der Waals surface area contributed by atoms with Gasteiger partial charge in [0.2, 0.25) is 5.91 Å². The fraction of sp³-hybridized carbons (Fsp3) is 0.318. The van der Waals surface area contributed by atoms with Crippen LogP contribution in [-0.4, -0.2) is 33.4 Å². The van der Waals surface area contributed by atoms with Crippen molar-refractivity contribution in [2.75, 3.05) is 11.9 Å². The third-order valence-electron chi connectivity index (χ3n) is 5.07. The van der Waals surface area contributed by atoms with E-state index in [4.69, 9.17) is 27.9 Å². The van der Waals surface area contributed by atoms with Crippen molar-refractivity contribution in [3.05, 3.63) is 62.9 Å². The van der Waals surface area contributed by atoms with E-state index in [0.717, 1.165) is 12.8 Å². The number of amides is 1. The van der Waals surface area contributed by atoms with Crippen LogP contribution < -0.4 is 10.9 Å². The number of fused-ring (bicyclic) bond motifs is 1. The predicted molar refractivity (Wildman–Crippen MR) is 125 cm³/mol. The third kappa shape index (κ3) is 5.06. The summed E-state index contributed by atoms with van der Waals surface area (Å²) in [6, 6.07) is 12.1. The first-order valence-corrected chi connectivity index (χ1v) is 11.6. The summed E-state index contributed by atoms with van der Waals surface area (Å²) >= 11 is 13.4. The maximum absolute atomic E-state index is 13.2.